The molecule has 0 aliphatic heterocycles. The number of benzene rings is 1. The molecule has 0 atom stereocenters. The number of unbranched alkanes of at least 4 members (excludes halogenated alkanes) is 1. The van der Waals surface area contributed by atoms with Crippen molar-refractivity contribution < 1.29 is 19.1 Å². The Morgan fingerprint density at radius 1 is 1.23 bits per heavy atom. The van der Waals surface area contributed by atoms with Gasteiger partial charge in [0.2, 0.25) is 5.88 Å². The molecular formula is C19H23ClN2O4. The fourth-order valence-corrected chi connectivity index (χ4v) is 2.58. The molecular weight excluding hydrogens is 356 g/mol. The summed E-state index contributed by atoms with van der Waals surface area (Å²) in [4.78, 5) is 23.4. The standard InChI is InChI=1S/C19H23ClN2O4/c1-4-5-12-25-18(24)11-10-17-13(2)21-22(19(17)26-14(3)23)16-8-6-15(20)7-9-16/h6-9H,4-5,10-12H2,1-3H3. The van der Waals surface area contributed by atoms with Crippen molar-refractivity contribution in [3.63, 3.8) is 0 Å². The van der Waals surface area contributed by atoms with Gasteiger partial charge >= 0.3 is 11.9 Å². The number of hydrogen-bond donors (Lipinski definition) is 0. The number of rotatable bonds is 8. The highest BCUT2D eigenvalue weighted by molar-refractivity contribution is 6.30. The maximum atomic E-state index is 11.9. The Bertz CT molecular complexity index is 769. The van der Waals surface area contributed by atoms with E-state index in [-0.39, 0.29) is 12.4 Å². The van der Waals surface area contributed by atoms with Crippen LogP contribution < -0.4 is 4.74 Å². The van der Waals surface area contributed by atoms with Crippen LogP contribution in [0.2, 0.25) is 5.02 Å². The van der Waals surface area contributed by atoms with E-state index in [0.29, 0.717) is 40.9 Å². The summed E-state index contributed by atoms with van der Waals surface area (Å²) in [6.07, 6.45) is 2.40. The Kier molecular flexibility index (Phi) is 7.21. The van der Waals surface area contributed by atoms with Gasteiger partial charge in [-0.3, -0.25) is 9.59 Å². The molecule has 1 aromatic carbocycles. The second kappa shape index (κ2) is 9.38. The minimum Gasteiger partial charge on any atom is -0.466 e. The molecule has 0 unspecified atom stereocenters. The molecule has 2 rings (SSSR count). The lowest BCUT2D eigenvalue weighted by molar-refractivity contribution is -0.143. The van der Waals surface area contributed by atoms with Gasteiger partial charge in [-0.15, -0.1) is 0 Å². The summed E-state index contributed by atoms with van der Waals surface area (Å²) in [5, 5.41) is 5.06. The molecule has 2 aromatic rings. The van der Waals surface area contributed by atoms with Gasteiger partial charge in [0.05, 0.1) is 18.0 Å². The van der Waals surface area contributed by atoms with Crippen LogP contribution >= 0.6 is 11.6 Å². The number of carbonyl (C=O) groups excluding carboxylic acids is 2. The fourth-order valence-electron chi connectivity index (χ4n) is 2.45. The summed E-state index contributed by atoms with van der Waals surface area (Å²) in [5.41, 5.74) is 2.12. The summed E-state index contributed by atoms with van der Waals surface area (Å²) in [5.74, 6) is -0.406. The van der Waals surface area contributed by atoms with Crippen LogP contribution in [0.1, 0.15) is 44.4 Å². The Morgan fingerprint density at radius 2 is 1.92 bits per heavy atom. The van der Waals surface area contributed by atoms with Gasteiger partial charge in [-0.05, 0) is 44.0 Å². The summed E-state index contributed by atoms with van der Waals surface area (Å²) >= 11 is 5.93. The summed E-state index contributed by atoms with van der Waals surface area (Å²) < 4.78 is 12.1. The molecule has 0 aliphatic rings. The summed E-state index contributed by atoms with van der Waals surface area (Å²) in [7, 11) is 0. The number of nitrogens with zero attached hydrogens (tertiary/aromatic N) is 2. The molecule has 0 bridgehead atoms. The second-order valence-corrected chi connectivity index (χ2v) is 6.36. The third kappa shape index (κ3) is 5.33. The number of aromatic nitrogens is 2. The molecule has 140 valence electrons. The van der Waals surface area contributed by atoms with E-state index in [1.807, 2.05) is 13.8 Å². The molecule has 0 amide bonds. The first-order valence-corrected chi connectivity index (χ1v) is 8.98. The lowest BCUT2D eigenvalue weighted by atomic mass is 10.1. The van der Waals surface area contributed by atoms with Gasteiger partial charge < -0.3 is 9.47 Å². The number of halogens is 1. The Hall–Kier alpha value is -2.34. The zero-order valence-electron chi connectivity index (χ0n) is 15.3. The smallest absolute Gasteiger partial charge is 0.309 e. The summed E-state index contributed by atoms with van der Waals surface area (Å²) in [6, 6.07) is 7.03. The fraction of sp³-hybridized carbons (Fsp3) is 0.421. The van der Waals surface area contributed by atoms with Crippen LogP contribution in [0.25, 0.3) is 5.69 Å². The second-order valence-electron chi connectivity index (χ2n) is 5.93. The first kappa shape index (κ1) is 20.0. The van der Waals surface area contributed by atoms with Crippen molar-refractivity contribution in [1.29, 1.82) is 0 Å². The monoisotopic (exact) mass is 378 g/mol. The Balaban J connectivity index is 2.23. The van der Waals surface area contributed by atoms with Crippen LogP contribution in [0.4, 0.5) is 0 Å². The molecule has 0 saturated carbocycles. The lowest BCUT2D eigenvalue weighted by Crippen LogP contribution is -2.10. The minimum atomic E-state index is -0.452. The van der Waals surface area contributed by atoms with Crippen molar-refractivity contribution in [2.45, 2.75) is 46.5 Å². The topological polar surface area (TPSA) is 70.4 Å². The quantitative estimate of drug-likeness (QED) is 0.512. The van der Waals surface area contributed by atoms with Crippen molar-refractivity contribution in [3.8, 4) is 11.6 Å². The zero-order chi connectivity index (χ0) is 19.1. The average molecular weight is 379 g/mol. The van der Waals surface area contributed by atoms with Crippen LogP contribution in [0.5, 0.6) is 5.88 Å². The van der Waals surface area contributed by atoms with Gasteiger partial charge in [-0.1, -0.05) is 24.9 Å². The molecule has 0 N–H and O–H groups in total. The van der Waals surface area contributed by atoms with Gasteiger partial charge in [0.25, 0.3) is 0 Å². The van der Waals surface area contributed by atoms with Crippen molar-refractivity contribution in [1.82, 2.24) is 9.78 Å². The summed E-state index contributed by atoms with van der Waals surface area (Å²) in [6.45, 7) is 5.61. The third-order valence-electron chi connectivity index (χ3n) is 3.79. The van der Waals surface area contributed by atoms with E-state index < -0.39 is 5.97 Å². The molecule has 26 heavy (non-hydrogen) atoms. The molecule has 1 aromatic heterocycles. The number of carbonyl (C=O) groups is 2. The maximum Gasteiger partial charge on any atom is 0.309 e. The average Bonchev–Trinajstić information content (AvgIpc) is 2.89. The molecule has 0 saturated heterocycles. The molecule has 7 heteroatoms. The van der Waals surface area contributed by atoms with Crippen LogP contribution in [0.3, 0.4) is 0 Å². The van der Waals surface area contributed by atoms with Crippen molar-refractivity contribution in [2.24, 2.45) is 0 Å². The molecule has 0 fully saturated rings. The molecule has 0 spiro atoms. The highest BCUT2D eigenvalue weighted by Gasteiger charge is 2.20. The molecule has 6 nitrogen and oxygen atoms in total. The number of ether oxygens (including phenoxy) is 2. The van der Waals surface area contributed by atoms with E-state index in [1.54, 1.807) is 28.9 Å². The Labute approximate surface area is 158 Å². The molecule has 0 radical (unpaired) electrons. The SMILES string of the molecule is CCCCOC(=O)CCc1c(C)nn(-c2ccc(Cl)cc2)c1OC(C)=O. The van der Waals surface area contributed by atoms with E-state index >= 15 is 0 Å². The van der Waals surface area contributed by atoms with Gasteiger partial charge in [0.1, 0.15) is 0 Å². The van der Waals surface area contributed by atoms with Crippen molar-refractivity contribution in [2.75, 3.05) is 6.61 Å². The molecule has 0 aliphatic carbocycles. The third-order valence-corrected chi connectivity index (χ3v) is 4.04. The highest BCUT2D eigenvalue weighted by atomic mass is 35.5. The predicted molar refractivity (Wildman–Crippen MR) is 98.8 cm³/mol. The largest absolute Gasteiger partial charge is 0.466 e. The highest BCUT2D eigenvalue weighted by Crippen LogP contribution is 2.28. The van der Waals surface area contributed by atoms with E-state index in [0.717, 1.165) is 12.8 Å². The van der Waals surface area contributed by atoms with E-state index in [4.69, 9.17) is 21.1 Å². The lowest BCUT2D eigenvalue weighted by Gasteiger charge is -2.09. The first-order chi connectivity index (χ1) is 12.4. The van der Waals surface area contributed by atoms with E-state index in [1.165, 1.54) is 6.92 Å². The van der Waals surface area contributed by atoms with E-state index in [9.17, 15) is 9.59 Å². The van der Waals surface area contributed by atoms with Crippen molar-refractivity contribution >= 4 is 23.5 Å². The van der Waals surface area contributed by atoms with Crippen LogP contribution in [0, 0.1) is 6.92 Å². The van der Waals surface area contributed by atoms with Crippen LogP contribution in [-0.2, 0) is 20.7 Å². The predicted octanol–water partition coefficient (Wildman–Crippen LogP) is 4.04. The van der Waals surface area contributed by atoms with Gasteiger partial charge in [0, 0.05) is 23.9 Å². The zero-order valence-corrected chi connectivity index (χ0v) is 16.0. The van der Waals surface area contributed by atoms with Gasteiger partial charge in [0.15, 0.2) is 0 Å². The van der Waals surface area contributed by atoms with Crippen LogP contribution in [0.15, 0.2) is 24.3 Å². The number of hydrogen-bond acceptors (Lipinski definition) is 5. The first-order valence-electron chi connectivity index (χ1n) is 8.60. The van der Waals surface area contributed by atoms with E-state index in [2.05, 4.69) is 5.10 Å². The van der Waals surface area contributed by atoms with Gasteiger partial charge in [-0.2, -0.15) is 5.10 Å². The Morgan fingerprint density at radius 3 is 2.54 bits per heavy atom. The maximum absolute atomic E-state index is 11.9. The van der Waals surface area contributed by atoms with Crippen LogP contribution in [-0.4, -0.2) is 28.3 Å². The minimum absolute atomic E-state index is 0.200. The van der Waals surface area contributed by atoms with Gasteiger partial charge in [-0.25, -0.2) is 4.68 Å². The molecule has 1 heterocycles. The normalized spacial score (nSPS) is 10.6. The van der Waals surface area contributed by atoms with Crippen molar-refractivity contribution in [3.05, 3.63) is 40.5 Å². The number of aryl methyl sites for hydroxylation is 1. The number of esters is 2.